The first-order valence-corrected chi connectivity index (χ1v) is 11.3. The van der Waals surface area contributed by atoms with Crippen molar-refractivity contribution >= 4 is 17.6 Å². The summed E-state index contributed by atoms with van der Waals surface area (Å²) in [5.74, 6) is 0.747. The number of nitrogens with zero attached hydrogens (tertiary/aromatic N) is 3. The van der Waals surface area contributed by atoms with Crippen LogP contribution in [-0.4, -0.2) is 22.1 Å². The van der Waals surface area contributed by atoms with Gasteiger partial charge < -0.3 is 14.0 Å². The van der Waals surface area contributed by atoms with E-state index in [0.29, 0.717) is 35.9 Å². The summed E-state index contributed by atoms with van der Waals surface area (Å²) in [5.41, 5.74) is 3.75. The molecule has 4 rings (SSSR count). The van der Waals surface area contributed by atoms with Crippen LogP contribution in [0, 0.1) is 11.3 Å². The van der Waals surface area contributed by atoms with Gasteiger partial charge in [0.15, 0.2) is 0 Å². The number of aromatic nitrogens is 2. The summed E-state index contributed by atoms with van der Waals surface area (Å²) in [7, 11) is 0. The summed E-state index contributed by atoms with van der Waals surface area (Å²) in [6, 6.07) is 26.9. The van der Waals surface area contributed by atoms with Gasteiger partial charge >= 0.3 is 5.97 Å². The van der Waals surface area contributed by atoms with Gasteiger partial charge in [-0.05, 0) is 54.0 Å². The van der Waals surface area contributed by atoms with Crippen molar-refractivity contribution in [2.24, 2.45) is 0 Å². The first-order valence-electron chi connectivity index (χ1n) is 11.3. The lowest BCUT2D eigenvalue weighted by molar-refractivity contribution is -0.136. The molecule has 6 heteroatoms. The molecule has 0 unspecified atom stereocenters. The predicted octanol–water partition coefficient (Wildman–Crippen LogP) is 5.49. The summed E-state index contributed by atoms with van der Waals surface area (Å²) in [4.78, 5) is 17.4. The molecule has 0 bridgehead atoms. The van der Waals surface area contributed by atoms with Crippen LogP contribution in [0.2, 0.25) is 0 Å². The first kappa shape index (κ1) is 23.5. The molecule has 0 aliphatic rings. The standard InChI is InChI=1S/C29H25N3O3/c1-2-34-29(33)27(28-31-14-15-32(28)20-22-8-4-3-5-9-22)18-23-10-7-13-26(17-23)35-21-25-12-6-11-24(16-25)19-30/h3-18H,2,20-21H2,1H3/b27-18+. The Bertz CT molecular complexity index is 1370. The Kier molecular flexibility index (Phi) is 7.72. The van der Waals surface area contributed by atoms with Crippen molar-refractivity contribution < 1.29 is 14.3 Å². The van der Waals surface area contributed by atoms with E-state index in [-0.39, 0.29) is 6.61 Å². The van der Waals surface area contributed by atoms with E-state index in [1.54, 1.807) is 31.3 Å². The molecule has 0 atom stereocenters. The van der Waals surface area contributed by atoms with Crippen LogP contribution in [0.1, 0.15) is 35.0 Å². The number of imidazole rings is 1. The zero-order valence-corrected chi connectivity index (χ0v) is 19.4. The number of hydrogen-bond donors (Lipinski definition) is 0. The van der Waals surface area contributed by atoms with Gasteiger partial charge in [-0.25, -0.2) is 9.78 Å². The van der Waals surface area contributed by atoms with Crippen LogP contribution in [0.3, 0.4) is 0 Å². The number of esters is 1. The average molecular weight is 464 g/mol. The highest BCUT2D eigenvalue weighted by atomic mass is 16.5. The van der Waals surface area contributed by atoms with Gasteiger partial charge in [-0.15, -0.1) is 0 Å². The molecule has 0 amide bonds. The molecule has 0 fully saturated rings. The number of rotatable bonds is 9. The Morgan fingerprint density at radius 1 is 1.03 bits per heavy atom. The van der Waals surface area contributed by atoms with Crippen LogP contribution >= 0.6 is 0 Å². The van der Waals surface area contributed by atoms with Crippen molar-refractivity contribution in [3.05, 3.63) is 119 Å². The SMILES string of the molecule is CCOC(=O)/C(=C/c1cccc(OCc2cccc(C#N)c2)c1)c1nccn1Cc1ccccc1. The average Bonchev–Trinajstić information content (AvgIpc) is 3.34. The molecule has 0 aliphatic carbocycles. The summed E-state index contributed by atoms with van der Waals surface area (Å²) in [6.07, 6.45) is 5.30. The van der Waals surface area contributed by atoms with E-state index in [2.05, 4.69) is 11.1 Å². The van der Waals surface area contributed by atoms with E-state index in [9.17, 15) is 4.79 Å². The molecule has 35 heavy (non-hydrogen) atoms. The van der Waals surface area contributed by atoms with E-state index in [1.165, 1.54) is 0 Å². The van der Waals surface area contributed by atoms with Gasteiger partial charge in [0.05, 0.1) is 18.2 Å². The summed E-state index contributed by atoms with van der Waals surface area (Å²) in [6.45, 7) is 2.95. The Labute approximate surface area is 204 Å². The van der Waals surface area contributed by atoms with Crippen molar-refractivity contribution in [1.82, 2.24) is 9.55 Å². The molecule has 0 saturated carbocycles. The minimum absolute atomic E-state index is 0.264. The molecule has 0 spiro atoms. The molecule has 0 saturated heterocycles. The highest BCUT2D eigenvalue weighted by Gasteiger charge is 2.19. The lowest BCUT2D eigenvalue weighted by Gasteiger charge is -2.12. The number of carbonyl (C=O) groups is 1. The van der Waals surface area contributed by atoms with Crippen molar-refractivity contribution in [2.45, 2.75) is 20.1 Å². The van der Waals surface area contributed by atoms with Crippen LogP contribution in [-0.2, 0) is 22.7 Å². The Morgan fingerprint density at radius 2 is 1.83 bits per heavy atom. The van der Waals surface area contributed by atoms with Gasteiger partial charge in [0, 0.05) is 18.9 Å². The van der Waals surface area contributed by atoms with Gasteiger partial charge in [-0.3, -0.25) is 0 Å². The maximum atomic E-state index is 12.9. The first-order chi connectivity index (χ1) is 17.2. The maximum absolute atomic E-state index is 12.9. The third-order valence-corrected chi connectivity index (χ3v) is 5.28. The number of carbonyl (C=O) groups excluding carboxylic acids is 1. The molecule has 1 aromatic heterocycles. The van der Waals surface area contributed by atoms with Crippen LogP contribution < -0.4 is 4.74 Å². The summed E-state index contributed by atoms with van der Waals surface area (Å²) < 4.78 is 13.2. The third kappa shape index (κ3) is 6.24. The molecule has 174 valence electrons. The van der Waals surface area contributed by atoms with Gasteiger partial charge in [-0.1, -0.05) is 54.6 Å². The van der Waals surface area contributed by atoms with Crippen LogP contribution in [0.25, 0.3) is 11.6 Å². The fourth-order valence-electron chi connectivity index (χ4n) is 3.64. The minimum Gasteiger partial charge on any atom is -0.489 e. The van der Waals surface area contributed by atoms with Crippen molar-refractivity contribution in [2.75, 3.05) is 6.61 Å². The fraction of sp³-hybridized carbons (Fsp3) is 0.138. The normalized spacial score (nSPS) is 11.0. The van der Waals surface area contributed by atoms with Crippen molar-refractivity contribution in [3.8, 4) is 11.8 Å². The van der Waals surface area contributed by atoms with Crippen LogP contribution in [0.4, 0.5) is 0 Å². The number of benzene rings is 3. The van der Waals surface area contributed by atoms with Gasteiger partial charge in [0.1, 0.15) is 23.8 Å². The Morgan fingerprint density at radius 3 is 2.63 bits per heavy atom. The highest BCUT2D eigenvalue weighted by molar-refractivity contribution is 6.20. The molecule has 0 radical (unpaired) electrons. The molecule has 0 aliphatic heterocycles. The second-order valence-corrected chi connectivity index (χ2v) is 7.82. The second kappa shape index (κ2) is 11.5. The van der Waals surface area contributed by atoms with E-state index >= 15 is 0 Å². The second-order valence-electron chi connectivity index (χ2n) is 7.82. The van der Waals surface area contributed by atoms with Crippen LogP contribution in [0.5, 0.6) is 5.75 Å². The van der Waals surface area contributed by atoms with E-state index < -0.39 is 5.97 Å². The monoisotopic (exact) mass is 463 g/mol. The topological polar surface area (TPSA) is 77.1 Å². The number of ether oxygens (including phenoxy) is 2. The van der Waals surface area contributed by atoms with Gasteiger partial charge in [0.25, 0.3) is 0 Å². The number of hydrogen-bond acceptors (Lipinski definition) is 5. The van der Waals surface area contributed by atoms with Gasteiger partial charge in [-0.2, -0.15) is 5.26 Å². The minimum atomic E-state index is -0.437. The third-order valence-electron chi connectivity index (χ3n) is 5.28. The number of nitriles is 1. The molecular formula is C29H25N3O3. The molecular weight excluding hydrogens is 438 g/mol. The quantitative estimate of drug-likeness (QED) is 0.242. The highest BCUT2D eigenvalue weighted by Crippen LogP contribution is 2.23. The fourth-order valence-corrected chi connectivity index (χ4v) is 3.64. The zero-order valence-electron chi connectivity index (χ0n) is 19.4. The smallest absolute Gasteiger partial charge is 0.341 e. The van der Waals surface area contributed by atoms with E-state index in [1.807, 2.05) is 77.5 Å². The maximum Gasteiger partial charge on any atom is 0.341 e. The van der Waals surface area contributed by atoms with Crippen molar-refractivity contribution in [1.29, 1.82) is 5.26 Å². The Hall–Kier alpha value is -4.63. The van der Waals surface area contributed by atoms with E-state index in [0.717, 1.165) is 16.7 Å². The van der Waals surface area contributed by atoms with E-state index in [4.69, 9.17) is 14.7 Å². The zero-order chi connectivity index (χ0) is 24.5. The predicted molar refractivity (Wildman–Crippen MR) is 134 cm³/mol. The molecule has 3 aromatic carbocycles. The summed E-state index contributed by atoms with van der Waals surface area (Å²) in [5, 5.41) is 9.09. The van der Waals surface area contributed by atoms with Crippen molar-refractivity contribution in [3.63, 3.8) is 0 Å². The molecule has 0 N–H and O–H groups in total. The van der Waals surface area contributed by atoms with Gasteiger partial charge in [0.2, 0.25) is 0 Å². The van der Waals surface area contributed by atoms with Crippen LogP contribution in [0.15, 0.2) is 91.3 Å². The summed E-state index contributed by atoms with van der Waals surface area (Å²) >= 11 is 0. The Balaban J connectivity index is 1.60. The molecule has 4 aromatic rings. The largest absolute Gasteiger partial charge is 0.489 e. The lowest BCUT2D eigenvalue weighted by atomic mass is 10.1. The lowest BCUT2D eigenvalue weighted by Crippen LogP contribution is -2.12. The molecule has 1 heterocycles. The molecule has 6 nitrogen and oxygen atoms in total.